The Bertz CT molecular complexity index is 634. The van der Waals surface area contributed by atoms with Crippen molar-refractivity contribution in [1.82, 2.24) is 8.75 Å². The third-order valence-corrected chi connectivity index (χ3v) is 3.62. The van der Waals surface area contributed by atoms with Gasteiger partial charge in [0.25, 0.3) is 0 Å². The van der Waals surface area contributed by atoms with Gasteiger partial charge in [-0.05, 0) is 27.6 Å². The van der Waals surface area contributed by atoms with E-state index < -0.39 is 0 Å². The molecule has 78 valence electrons. The van der Waals surface area contributed by atoms with E-state index in [2.05, 4.69) is 42.9 Å². The summed E-state index contributed by atoms with van der Waals surface area (Å²) in [7, 11) is 0. The minimum Gasteiger partial charge on any atom is -0.172 e. The van der Waals surface area contributed by atoms with Crippen molar-refractivity contribution < 1.29 is 0 Å². The molecule has 1 aromatic heterocycles. The average Bonchev–Trinajstić information content (AvgIpc) is 2.81. The second kappa shape index (κ2) is 3.96. The fourth-order valence-electron chi connectivity index (χ4n) is 1.69. The molecule has 0 amide bonds. The number of benzene rings is 2. The summed E-state index contributed by atoms with van der Waals surface area (Å²) in [5, 5.41) is 0. The van der Waals surface area contributed by atoms with Crippen molar-refractivity contribution >= 4 is 38.7 Å². The van der Waals surface area contributed by atoms with Gasteiger partial charge in [0.15, 0.2) is 0 Å². The van der Waals surface area contributed by atoms with Gasteiger partial charge in [0, 0.05) is 10.0 Å². The Balaban J connectivity index is 2.33. The average molecular weight is 291 g/mol. The maximum absolute atomic E-state index is 4.36. The van der Waals surface area contributed by atoms with Gasteiger partial charge in [0.2, 0.25) is 0 Å². The Morgan fingerprint density at radius 1 is 0.875 bits per heavy atom. The first-order valence-corrected chi connectivity index (χ1v) is 6.35. The molecule has 0 unspecified atom stereocenters. The first-order chi connectivity index (χ1) is 7.86. The van der Waals surface area contributed by atoms with Crippen LogP contribution >= 0.6 is 27.7 Å². The van der Waals surface area contributed by atoms with Crippen LogP contribution in [0.4, 0.5) is 0 Å². The predicted octanol–water partition coefficient (Wildman–Crippen LogP) is 4.12. The fraction of sp³-hybridized carbons (Fsp3) is 0. The monoisotopic (exact) mass is 290 g/mol. The molecule has 2 aromatic carbocycles. The smallest absolute Gasteiger partial charge is 0.119 e. The zero-order valence-electron chi connectivity index (χ0n) is 8.22. The molecule has 0 bridgehead atoms. The number of halogens is 1. The SMILES string of the molecule is Brc1ccc(-c2ccccc2)c2nsnc12. The highest BCUT2D eigenvalue weighted by atomic mass is 79.9. The largest absolute Gasteiger partial charge is 0.172 e. The molecule has 3 aromatic rings. The van der Waals surface area contributed by atoms with E-state index in [9.17, 15) is 0 Å². The highest BCUT2D eigenvalue weighted by Crippen LogP contribution is 2.31. The van der Waals surface area contributed by atoms with Crippen molar-refractivity contribution in [2.45, 2.75) is 0 Å². The lowest BCUT2D eigenvalue weighted by atomic mass is 10.0. The first-order valence-electron chi connectivity index (χ1n) is 4.82. The molecule has 0 aliphatic heterocycles. The molecule has 0 aliphatic rings. The topological polar surface area (TPSA) is 25.8 Å². The number of fused-ring (bicyclic) bond motifs is 1. The normalized spacial score (nSPS) is 10.8. The standard InChI is InChI=1S/C12H7BrN2S/c13-10-7-6-9(8-4-2-1-3-5-8)11-12(10)15-16-14-11/h1-7H. The van der Waals surface area contributed by atoms with E-state index in [1.807, 2.05) is 24.3 Å². The molecule has 0 atom stereocenters. The van der Waals surface area contributed by atoms with Crippen molar-refractivity contribution in [2.24, 2.45) is 0 Å². The van der Waals surface area contributed by atoms with Gasteiger partial charge in [-0.25, -0.2) is 0 Å². The van der Waals surface area contributed by atoms with Crippen LogP contribution in [0.25, 0.3) is 22.2 Å². The van der Waals surface area contributed by atoms with E-state index in [0.29, 0.717) is 0 Å². The van der Waals surface area contributed by atoms with E-state index in [4.69, 9.17) is 0 Å². The van der Waals surface area contributed by atoms with Crippen LogP contribution in [0.15, 0.2) is 46.9 Å². The fourth-order valence-corrected chi connectivity index (χ4v) is 2.79. The minimum atomic E-state index is 0.936. The second-order valence-corrected chi connectivity index (χ2v) is 4.81. The minimum absolute atomic E-state index is 0.936. The van der Waals surface area contributed by atoms with Gasteiger partial charge >= 0.3 is 0 Å². The summed E-state index contributed by atoms with van der Waals surface area (Å²) in [5.74, 6) is 0. The van der Waals surface area contributed by atoms with Gasteiger partial charge in [0.1, 0.15) is 11.0 Å². The van der Waals surface area contributed by atoms with Crippen LogP contribution in [0.1, 0.15) is 0 Å². The Morgan fingerprint density at radius 2 is 1.62 bits per heavy atom. The summed E-state index contributed by atoms with van der Waals surface area (Å²) in [6, 6.07) is 14.3. The molecule has 1 heterocycles. The molecule has 16 heavy (non-hydrogen) atoms. The van der Waals surface area contributed by atoms with Gasteiger partial charge in [0.05, 0.1) is 11.7 Å². The maximum atomic E-state index is 4.36. The Morgan fingerprint density at radius 3 is 2.44 bits per heavy atom. The number of aromatic nitrogens is 2. The third kappa shape index (κ3) is 1.54. The van der Waals surface area contributed by atoms with Crippen LogP contribution in [0, 0.1) is 0 Å². The Kier molecular flexibility index (Phi) is 2.46. The van der Waals surface area contributed by atoms with Gasteiger partial charge in [-0.15, -0.1) is 0 Å². The highest BCUT2D eigenvalue weighted by Gasteiger charge is 2.09. The molecule has 0 saturated carbocycles. The van der Waals surface area contributed by atoms with Crippen molar-refractivity contribution in [3.8, 4) is 11.1 Å². The summed E-state index contributed by atoms with van der Waals surface area (Å²) in [6.07, 6.45) is 0. The lowest BCUT2D eigenvalue weighted by Gasteiger charge is -2.02. The zero-order valence-corrected chi connectivity index (χ0v) is 10.6. The number of nitrogens with zero attached hydrogens (tertiary/aromatic N) is 2. The maximum Gasteiger partial charge on any atom is 0.119 e. The van der Waals surface area contributed by atoms with Crippen LogP contribution in [0.2, 0.25) is 0 Å². The Labute approximate surface area is 105 Å². The molecule has 0 radical (unpaired) electrons. The highest BCUT2D eigenvalue weighted by molar-refractivity contribution is 9.10. The van der Waals surface area contributed by atoms with Crippen molar-refractivity contribution in [3.05, 3.63) is 46.9 Å². The summed E-state index contributed by atoms with van der Waals surface area (Å²) in [4.78, 5) is 0. The zero-order chi connectivity index (χ0) is 11.0. The van der Waals surface area contributed by atoms with E-state index >= 15 is 0 Å². The van der Waals surface area contributed by atoms with Gasteiger partial charge in [-0.3, -0.25) is 0 Å². The molecule has 0 fully saturated rings. The quantitative estimate of drug-likeness (QED) is 0.674. The third-order valence-electron chi connectivity index (χ3n) is 2.45. The summed E-state index contributed by atoms with van der Waals surface area (Å²) < 4.78 is 9.64. The summed E-state index contributed by atoms with van der Waals surface area (Å²) >= 11 is 4.73. The molecule has 3 rings (SSSR count). The van der Waals surface area contributed by atoms with Crippen LogP contribution in [-0.2, 0) is 0 Å². The van der Waals surface area contributed by atoms with E-state index in [1.54, 1.807) is 0 Å². The van der Waals surface area contributed by atoms with Gasteiger partial charge in [-0.2, -0.15) is 8.75 Å². The molecule has 2 nitrogen and oxygen atoms in total. The lowest BCUT2D eigenvalue weighted by molar-refractivity contribution is 1.58. The molecule has 4 heteroatoms. The molecule has 0 saturated heterocycles. The van der Waals surface area contributed by atoms with Crippen LogP contribution in [-0.4, -0.2) is 8.75 Å². The van der Waals surface area contributed by atoms with Crippen LogP contribution in [0.5, 0.6) is 0 Å². The first kappa shape index (κ1) is 9.93. The van der Waals surface area contributed by atoms with Crippen LogP contribution in [0.3, 0.4) is 0 Å². The molecular weight excluding hydrogens is 284 g/mol. The van der Waals surface area contributed by atoms with E-state index in [1.165, 1.54) is 17.3 Å². The Hall–Kier alpha value is -1.26. The molecule has 0 spiro atoms. The van der Waals surface area contributed by atoms with Crippen molar-refractivity contribution in [3.63, 3.8) is 0 Å². The second-order valence-electron chi connectivity index (χ2n) is 3.42. The van der Waals surface area contributed by atoms with E-state index in [-0.39, 0.29) is 0 Å². The summed E-state index contributed by atoms with van der Waals surface area (Å²) in [5.41, 5.74) is 4.21. The van der Waals surface area contributed by atoms with Crippen molar-refractivity contribution in [2.75, 3.05) is 0 Å². The van der Waals surface area contributed by atoms with Gasteiger partial charge < -0.3 is 0 Å². The molecular formula is C12H7BrN2S. The lowest BCUT2D eigenvalue weighted by Crippen LogP contribution is -1.81. The van der Waals surface area contributed by atoms with Crippen LogP contribution < -0.4 is 0 Å². The molecule has 0 N–H and O–H groups in total. The van der Waals surface area contributed by atoms with E-state index in [0.717, 1.165) is 21.1 Å². The number of hydrogen-bond acceptors (Lipinski definition) is 3. The number of rotatable bonds is 1. The van der Waals surface area contributed by atoms with Gasteiger partial charge in [-0.1, -0.05) is 36.4 Å². The number of hydrogen-bond donors (Lipinski definition) is 0. The van der Waals surface area contributed by atoms with Crippen molar-refractivity contribution in [1.29, 1.82) is 0 Å². The molecule has 0 aliphatic carbocycles. The summed E-state index contributed by atoms with van der Waals surface area (Å²) in [6.45, 7) is 0. The predicted molar refractivity (Wildman–Crippen MR) is 70.6 cm³/mol.